The fourth-order valence-corrected chi connectivity index (χ4v) is 3.27. The van der Waals surface area contributed by atoms with Crippen molar-refractivity contribution < 1.29 is 4.74 Å². The molecule has 0 radical (unpaired) electrons. The molecule has 1 heteroatoms. The molecule has 0 aromatic heterocycles. The first kappa shape index (κ1) is 20.1. The number of unbranched alkanes of at least 4 members (excludes halogenated alkanes) is 2. The zero-order valence-corrected chi connectivity index (χ0v) is 17.0. The van der Waals surface area contributed by atoms with E-state index in [1.807, 2.05) is 6.92 Å². The molecule has 144 valence electrons. The molecular formula is C27H30O. The monoisotopic (exact) mass is 370 g/mol. The van der Waals surface area contributed by atoms with Crippen LogP contribution in [0, 0.1) is 0 Å². The van der Waals surface area contributed by atoms with E-state index in [0.717, 1.165) is 13.0 Å². The maximum absolute atomic E-state index is 5.75. The Labute approximate surface area is 169 Å². The highest BCUT2D eigenvalue weighted by atomic mass is 16.5. The Morgan fingerprint density at radius 2 is 1.18 bits per heavy atom. The van der Waals surface area contributed by atoms with Crippen LogP contribution in [0.5, 0.6) is 0 Å². The highest BCUT2D eigenvalue weighted by Gasteiger charge is 2.02. The van der Waals surface area contributed by atoms with Crippen LogP contribution in [0.2, 0.25) is 0 Å². The van der Waals surface area contributed by atoms with Crippen LogP contribution in [0.4, 0.5) is 0 Å². The summed E-state index contributed by atoms with van der Waals surface area (Å²) in [7, 11) is 0. The smallest absolute Gasteiger partial charge is 0.0716 e. The summed E-state index contributed by atoms with van der Waals surface area (Å²) in [6.07, 6.45) is 7.81. The van der Waals surface area contributed by atoms with Crippen molar-refractivity contribution in [2.45, 2.75) is 39.7 Å². The molecule has 3 aromatic carbocycles. The van der Waals surface area contributed by atoms with Crippen LogP contribution in [0.25, 0.3) is 28.3 Å². The van der Waals surface area contributed by atoms with Gasteiger partial charge in [-0.1, -0.05) is 105 Å². The van der Waals surface area contributed by atoms with Gasteiger partial charge in [0, 0.05) is 6.61 Å². The van der Waals surface area contributed by atoms with Crippen molar-refractivity contribution in [2.24, 2.45) is 0 Å². The standard InChI is InChI=1S/C27H30O/c1-3-5-6-20-28-21-23-10-14-25(15-11-23)27-18-16-26(17-19-27)24-12-8-22(7-4-2)9-13-24/h4,7-19H,3,5-6,20-21H2,1-2H3/b7-4-. The van der Waals surface area contributed by atoms with Gasteiger partial charge in [0.1, 0.15) is 0 Å². The normalized spacial score (nSPS) is 11.2. The number of hydrogen-bond donors (Lipinski definition) is 0. The van der Waals surface area contributed by atoms with Crippen LogP contribution in [0.1, 0.15) is 44.2 Å². The Balaban J connectivity index is 1.61. The third kappa shape index (κ3) is 5.68. The van der Waals surface area contributed by atoms with Crippen molar-refractivity contribution in [2.75, 3.05) is 6.61 Å². The predicted octanol–water partition coefficient (Wildman–Crippen LogP) is 7.76. The zero-order chi connectivity index (χ0) is 19.6. The molecule has 0 spiro atoms. The first-order valence-electron chi connectivity index (χ1n) is 10.3. The largest absolute Gasteiger partial charge is 0.377 e. The molecule has 0 aliphatic heterocycles. The summed E-state index contributed by atoms with van der Waals surface area (Å²) < 4.78 is 5.75. The Morgan fingerprint density at radius 3 is 1.68 bits per heavy atom. The van der Waals surface area contributed by atoms with Gasteiger partial charge in [-0.15, -0.1) is 0 Å². The molecule has 1 nitrogen and oxygen atoms in total. The molecule has 0 aliphatic rings. The fourth-order valence-electron chi connectivity index (χ4n) is 3.27. The Hall–Kier alpha value is -2.64. The van der Waals surface area contributed by atoms with E-state index in [2.05, 4.69) is 91.9 Å². The van der Waals surface area contributed by atoms with Gasteiger partial charge in [0.25, 0.3) is 0 Å². The van der Waals surface area contributed by atoms with Gasteiger partial charge < -0.3 is 4.74 Å². The molecule has 0 fully saturated rings. The van der Waals surface area contributed by atoms with E-state index in [9.17, 15) is 0 Å². The maximum Gasteiger partial charge on any atom is 0.0716 e. The van der Waals surface area contributed by atoms with Crippen LogP contribution < -0.4 is 0 Å². The second kappa shape index (κ2) is 10.6. The molecule has 3 rings (SSSR count). The van der Waals surface area contributed by atoms with Crippen LogP contribution >= 0.6 is 0 Å². The summed E-state index contributed by atoms with van der Waals surface area (Å²) in [5.41, 5.74) is 7.44. The number of hydrogen-bond acceptors (Lipinski definition) is 1. The minimum atomic E-state index is 0.701. The third-order valence-corrected chi connectivity index (χ3v) is 4.94. The highest BCUT2D eigenvalue weighted by molar-refractivity contribution is 5.71. The van der Waals surface area contributed by atoms with E-state index in [1.165, 1.54) is 46.2 Å². The summed E-state index contributed by atoms with van der Waals surface area (Å²) in [6, 6.07) is 26.2. The molecule has 0 N–H and O–H groups in total. The van der Waals surface area contributed by atoms with Crippen LogP contribution in [0.3, 0.4) is 0 Å². The summed E-state index contributed by atoms with van der Waals surface area (Å²) in [5.74, 6) is 0. The summed E-state index contributed by atoms with van der Waals surface area (Å²) in [6.45, 7) is 5.81. The van der Waals surface area contributed by atoms with Crippen molar-refractivity contribution in [1.29, 1.82) is 0 Å². The van der Waals surface area contributed by atoms with Crippen LogP contribution in [-0.2, 0) is 11.3 Å². The number of rotatable bonds is 9. The first-order valence-corrected chi connectivity index (χ1v) is 10.3. The van der Waals surface area contributed by atoms with E-state index in [1.54, 1.807) is 0 Å². The molecule has 3 aromatic rings. The maximum atomic E-state index is 5.75. The first-order chi connectivity index (χ1) is 13.8. The SMILES string of the molecule is C/C=C\c1ccc(-c2ccc(-c3ccc(COCCCCC)cc3)cc2)cc1. The lowest BCUT2D eigenvalue weighted by Crippen LogP contribution is -1.95. The molecular weight excluding hydrogens is 340 g/mol. The summed E-state index contributed by atoms with van der Waals surface area (Å²) in [4.78, 5) is 0. The fraction of sp³-hybridized carbons (Fsp3) is 0.259. The molecule has 28 heavy (non-hydrogen) atoms. The van der Waals surface area contributed by atoms with Gasteiger partial charge in [-0.05, 0) is 46.7 Å². The average molecular weight is 371 g/mol. The second-order valence-electron chi connectivity index (χ2n) is 7.16. The second-order valence-corrected chi connectivity index (χ2v) is 7.16. The molecule has 0 amide bonds. The topological polar surface area (TPSA) is 9.23 Å². The number of benzene rings is 3. The Bertz CT molecular complexity index is 856. The quantitative estimate of drug-likeness (QED) is 0.350. The Kier molecular flexibility index (Phi) is 7.63. The minimum Gasteiger partial charge on any atom is -0.377 e. The van der Waals surface area contributed by atoms with Gasteiger partial charge >= 0.3 is 0 Å². The highest BCUT2D eigenvalue weighted by Crippen LogP contribution is 2.25. The van der Waals surface area contributed by atoms with Gasteiger partial charge in [0.2, 0.25) is 0 Å². The van der Waals surface area contributed by atoms with Gasteiger partial charge in [0.05, 0.1) is 6.61 Å². The van der Waals surface area contributed by atoms with Crippen molar-refractivity contribution in [3.8, 4) is 22.3 Å². The molecule has 0 unspecified atom stereocenters. The van der Waals surface area contributed by atoms with Gasteiger partial charge in [-0.25, -0.2) is 0 Å². The van der Waals surface area contributed by atoms with Crippen molar-refractivity contribution >= 4 is 6.08 Å². The van der Waals surface area contributed by atoms with E-state index in [-0.39, 0.29) is 0 Å². The van der Waals surface area contributed by atoms with Gasteiger partial charge in [-0.3, -0.25) is 0 Å². The minimum absolute atomic E-state index is 0.701. The average Bonchev–Trinajstić information content (AvgIpc) is 2.75. The molecule has 0 saturated carbocycles. The number of allylic oxidation sites excluding steroid dienone is 1. The lowest BCUT2D eigenvalue weighted by molar-refractivity contribution is 0.117. The zero-order valence-electron chi connectivity index (χ0n) is 17.0. The predicted molar refractivity (Wildman–Crippen MR) is 121 cm³/mol. The summed E-state index contributed by atoms with van der Waals surface area (Å²) in [5, 5.41) is 0. The number of ether oxygens (including phenoxy) is 1. The third-order valence-electron chi connectivity index (χ3n) is 4.94. The van der Waals surface area contributed by atoms with Crippen molar-refractivity contribution in [3.63, 3.8) is 0 Å². The summed E-state index contributed by atoms with van der Waals surface area (Å²) >= 11 is 0. The molecule has 0 aliphatic carbocycles. The molecule has 0 saturated heterocycles. The van der Waals surface area contributed by atoms with E-state index in [0.29, 0.717) is 6.61 Å². The van der Waals surface area contributed by atoms with E-state index >= 15 is 0 Å². The van der Waals surface area contributed by atoms with Gasteiger partial charge in [-0.2, -0.15) is 0 Å². The van der Waals surface area contributed by atoms with Crippen LogP contribution in [-0.4, -0.2) is 6.61 Å². The van der Waals surface area contributed by atoms with E-state index in [4.69, 9.17) is 4.74 Å². The molecule has 0 bridgehead atoms. The lowest BCUT2D eigenvalue weighted by Gasteiger charge is -2.08. The lowest BCUT2D eigenvalue weighted by atomic mass is 9.99. The van der Waals surface area contributed by atoms with Gasteiger partial charge in [0.15, 0.2) is 0 Å². The van der Waals surface area contributed by atoms with Crippen molar-refractivity contribution in [3.05, 3.63) is 90.0 Å². The van der Waals surface area contributed by atoms with Crippen molar-refractivity contribution in [1.82, 2.24) is 0 Å². The van der Waals surface area contributed by atoms with E-state index < -0.39 is 0 Å². The molecule has 0 atom stereocenters. The Morgan fingerprint density at radius 1 is 0.679 bits per heavy atom. The molecule has 0 heterocycles. The van der Waals surface area contributed by atoms with Crippen LogP contribution in [0.15, 0.2) is 78.9 Å².